The average molecular weight is 620 g/mol. The van der Waals surface area contributed by atoms with Gasteiger partial charge < -0.3 is 20.2 Å². The van der Waals surface area contributed by atoms with Crippen molar-refractivity contribution >= 4 is 49.7 Å². The minimum Gasteiger partial charge on any atom is -0.392 e. The molecule has 0 bridgehead atoms. The fourth-order valence-corrected chi connectivity index (χ4v) is 6.40. The molecule has 0 radical (unpaired) electrons. The van der Waals surface area contributed by atoms with E-state index in [1.54, 1.807) is 31.3 Å². The molecule has 1 aliphatic rings. The van der Waals surface area contributed by atoms with Crippen molar-refractivity contribution in [3.8, 4) is 21.8 Å². The largest absolute Gasteiger partial charge is 0.392 e. The van der Waals surface area contributed by atoms with E-state index >= 15 is 0 Å². The summed E-state index contributed by atoms with van der Waals surface area (Å²) in [6.07, 6.45) is -5.14. The molecule has 1 aromatic carbocycles. The Morgan fingerprint density at radius 2 is 1.90 bits per heavy atom. The van der Waals surface area contributed by atoms with Gasteiger partial charge >= 0.3 is 6.18 Å². The number of aliphatic hydroxyl groups excluding tert-OH is 1. The van der Waals surface area contributed by atoms with E-state index in [1.807, 2.05) is 7.05 Å². The van der Waals surface area contributed by atoms with Crippen LogP contribution in [-0.4, -0.2) is 91.2 Å². The van der Waals surface area contributed by atoms with Gasteiger partial charge in [0.05, 0.1) is 45.3 Å². The Hall–Kier alpha value is -2.72. The predicted octanol–water partition coefficient (Wildman–Crippen LogP) is 4.16. The smallest absolute Gasteiger partial charge is 0.390 e. The number of sulfonamides is 1. The molecule has 2 aromatic heterocycles. The first-order valence-electron chi connectivity index (χ1n) is 12.4. The Morgan fingerprint density at radius 3 is 2.58 bits per heavy atom. The van der Waals surface area contributed by atoms with Crippen molar-refractivity contribution < 1.29 is 26.7 Å². The Balaban J connectivity index is 1.73. The van der Waals surface area contributed by atoms with Crippen LogP contribution in [0.1, 0.15) is 13.3 Å². The molecule has 218 valence electrons. The second-order valence-electron chi connectivity index (χ2n) is 9.41. The molecule has 3 heterocycles. The van der Waals surface area contributed by atoms with Crippen LogP contribution in [0.5, 0.6) is 0 Å². The summed E-state index contributed by atoms with van der Waals surface area (Å²) in [5.74, 6) is -0.827. The van der Waals surface area contributed by atoms with Gasteiger partial charge in [0.25, 0.3) is 0 Å². The number of anilines is 3. The summed E-state index contributed by atoms with van der Waals surface area (Å²) in [5.41, 5.74) is 1.31. The van der Waals surface area contributed by atoms with Crippen LogP contribution < -0.4 is 14.9 Å². The molecule has 3 N–H and O–H groups in total. The fourth-order valence-electron chi connectivity index (χ4n) is 3.87. The highest BCUT2D eigenvalue weighted by molar-refractivity contribution is 7.92. The summed E-state index contributed by atoms with van der Waals surface area (Å²) >= 11 is 8.04. The van der Waals surface area contributed by atoms with E-state index in [1.165, 1.54) is 17.4 Å². The van der Waals surface area contributed by atoms with Gasteiger partial charge in [0.2, 0.25) is 16.0 Å². The van der Waals surface area contributed by atoms with E-state index in [2.05, 4.69) is 29.8 Å². The molecule has 0 amide bonds. The number of alkyl halides is 3. The Bertz CT molecular complexity index is 1430. The minimum atomic E-state index is -4.62. The summed E-state index contributed by atoms with van der Waals surface area (Å²) < 4.78 is 64.8. The second-order valence-corrected chi connectivity index (χ2v) is 12.6. The number of nitrogens with one attached hydrogen (secondary N) is 2. The molecular formula is C24H29ClF3N7O3S2. The molecule has 16 heteroatoms. The Labute approximate surface area is 239 Å². The number of rotatable bonds is 10. The van der Waals surface area contributed by atoms with Gasteiger partial charge in [0.1, 0.15) is 0 Å². The summed E-state index contributed by atoms with van der Waals surface area (Å²) in [6, 6.07) is 6.30. The highest BCUT2D eigenvalue weighted by atomic mass is 35.5. The molecule has 1 unspecified atom stereocenters. The molecule has 0 saturated carbocycles. The number of halogens is 4. The molecule has 1 atom stereocenters. The Kier molecular flexibility index (Phi) is 9.40. The van der Waals surface area contributed by atoms with E-state index in [0.29, 0.717) is 27.8 Å². The van der Waals surface area contributed by atoms with Crippen LogP contribution >= 0.6 is 22.9 Å². The van der Waals surface area contributed by atoms with Gasteiger partial charge in [-0.05, 0) is 26.1 Å². The van der Waals surface area contributed by atoms with Crippen molar-refractivity contribution in [1.82, 2.24) is 19.9 Å². The van der Waals surface area contributed by atoms with Crippen LogP contribution in [-0.2, 0) is 10.0 Å². The first kappa shape index (κ1) is 30.2. The number of hydrogen-bond donors (Lipinski definition) is 3. The molecule has 0 spiro atoms. The van der Waals surface area contributed by atoms with Gasteiger partial charge in [-0.25, -0.2) is 23.4 Å². The SMILES string of the molecule is CC(O)CNc1nccc(-c2sc(N3CCN(C)CC3)nc2-c2cccc(NS(=O)(=O)CCC(F)(F)F)c2Cl)n1. The van der Waals surface area contributed by atoms with Gasteiger partial charge in [0.15, 0.2) is 5.13 Å². The molecule has 1 fully saturated rings. The van der Waals surface area contributed by atoms with E-state index in [0.717, 1.165) is 31.3 Å². The number of nitrogens with zero attached hydrogens (tertiary/aromatic N) is 5. The molecule has 0 aliphatic carbocycles. The van der Waals surface area contributed by atoms with Crippen molar-refractivity contribution in [2.45, 2.75) is 25.6 Å². The monoisotopic (exact) mass is 619 g/mol. The van der Waals surface area contributed by atoms with Crippen LogP contribution in [0.4, 0.5) is 29.9 Å². The first-order valence-corrected chi connectivity index (χ1v) is 15.2. The lowest BCUT2D eigenvalue weighted by Crippen LogP contribution is -2.44. The molecule has 3 aromatic rings. The number of aromatic nitrogens is 3. The summed E-state index contributed by atoms with van der Waals surface area (Å²) in [4.78, 5) is 18.7. The molecule has 1 aliphatic heterocycles. The normalized spacial score (nSPS) is 15.7. The highest BCUT2D eigenvalue weighted by Gasteiger charge is 2.30. The number of piperazine rings is 1. The standard InChI is InChI=1S/C24H29ClF3N7O3S2/c1-15(36)14-30-22-29-8-6-18(31-22)21-20(32-23(39-21)35-11-9-34(2)10-12-35)16-4-3-5-17(19(16)25)33-40(37,38)13-7-24(26,27)28/h3-6,8,15,33,36H,7,9-14H2,1-2H3,(H,29,30,31). The number of aliphatic hydroxyl groups is 1. The summed E-state index contributed by atoms with van der Waals surface area (Å²) in [6.45, 7) is 5.07. The third kappa shape index (κ3) is 7.94. The highest BCUT2D eigenvalue weighted by Crippen LogP contribution is 2.44. The topological polar surface area (TPSA) is 124 Å². The van der Waals surface area contributed by atoms with Gasteiger partial charge in [0, 0.05) is 44.5 Å². The third-order valence-corrected chi connectivity index (χ3v) is 8.83. The second kappa shape index (κ2) is 12.4. The lowest BCUT2D eigenvalue weighted by Gasteiger charge is -2.32. The van der Waals surface area contributed by atoms with Crippen LogP contribution in [0, 0.1) is 0 Å². The zero-order valence-electron chi connectivity index (χ0n) is 21.7. The maximum Gasteiger partial charge on any atom is 0.390 e. The Morgan fingerprint density at radius 1 is 1.18 bits per heavy atom. The van der Waals surface area contributed by atoms with E-state index in [9.17, 15) is 26.7 Å². The van der Waals surface area contributed by atoms with Crippen LogP contribution in [0.2, 0.25) is 5.02 Å². The molecule has 1 saturated heterocycles. The van der Waals surface area contributed by atoms with Crippen molar-refractivity contribution in [2.75, 3.05) is 60.5 Å². The quantitative estimate of drug-likeness (QED) is 0.307. The number of hydrogen-bond acceptors (Lipinski definition) is 10. The molecule has 40 heavy (non-hydrogen) atoms. The predicted molar refractivity (Wildman–Crippen MR) is 152 cm³/mol. The van der Waals surface area contributed by atoms with E-state index in [-0.39, 0.29) is 17.3 Å². The molecule has 10 nitrogen and oxygen atoms in total. The van der Waals surface area contributed by atoms with Crippen LogP contribution in [0.15, 0.2) is 30.5 Å². The van der Waals surface area contributed by atoms with E-state index in [4.69, 9.17) is 16.6 Å². The van der Waals surface area contributed by atoms with Crippen molar-refractivity contribution in [3.05, 3.63) is 35.5 Å². The number of thiazole rings is 1. The summed E-state index contributed by atoms with van der Waals surface area (Å²) in [7, 11) is -2.28. The molecular weight excluding hydrogens is 591 g/mol. The summed E-state index contributed by atoms with van der Waals surface area (Å²) in [5, 5.41) is 13.3. The molecule has 4 rings (SSSR count). The van der Waals surface area contributed by atoms with Crippen molar-refractivity contribution in [3.63, 3.8) is 0 Å². The maximum absolute atomic E-state index is 12.6. The van der Waals surface area contributed by atoms with Gasteiger partial charge in [-0.3, -0.25) is 4.72 Å². The zero-order valence-corrected chi connectivity index (χ0v) is 24.1. The van der Waals surface area contributed by atoms with Gasteiger partial charge in [-0.1, -0.05) is 35.1 Å². The number of likely N-dealkylation sites (N-methyl/N-ethyl adjacent to an activating group) is 1. The van der Waals surface area contributed by atoms with Crippen molar-refractivity contribution in [2.24, 2.45) is 0 Å². The lowest BCUT2D eigenvalue weighted by molar-refractivity contribution is -0.129. The average Bonchev–Trinajstić information content (AvgIpc) is 3.33. The minimum absolute atomic E-state index is 0.00364. The van der Waals surface area contributed by atoms with E-state index < -0.39 is 34.5 Å². The maximum atomic E-state index is 12.6. The van der Waals surface area contributed by atoms with Crippen LogP contribution in [0.3, 0.4) is 0 Å². The third-order valence-electron chi connectivity index (χ3n) is 6.01. The van der Waals surface area contributed by atoms with Gasteiger partial charge in [-0.2, -0.15) is 13.2 Å². The van der Waals surface area contributed by atoms with Crippen molar-refractivity contribution in [1.29, 1.82) is 0 Å². The number of benzene rings is 1. The van der Waals surface area contributed by atoms with Gasteiger partial charge in [-0.15, -0.1) is 0 Å². The van der Waals surface area contributed by atoms with Crippen LogP contribution in [0.25, 0.3) is 21.8 Å². The fraction of sp³-hybridized carbons (Fsp3) is 0.458. The zero-order chi connectivity index (χ0) is 29.1. The lowest BCUT2D eigenvalue weighted by atomic mass is 10.1. The first-order chi connectivity index (χ1) is 18.8.